The van der Waals surface area contributed by atoms with E-state index in [4.69, 9.17) is 4.74 Å². The van der Waals surface area contributed by atoms with E-state index in [1.54, 1.807) is 0 Å². The van der Waals surface area contributed by atoms with E-state index >= 15 is 0 Å². The third-order valence-corrected chi connectivity index (χ3v) is 3.69. The molecular weight excluding hydrogens is 286 g/mol. The van der Waals surface area contributed by atoms with Crippen LogP contribution >= 0.6 is 0 Å². The Balaban J connectivity index is 1.52. The second-order valence-corrected chi connectivity index (χ2v) is 5.56. The van der Waals surface area contributed by atoms with Crippen molar-refractivity contribution in [1.82, 2.24) is 5.32 Å². The van der Waals surface area contributed by atoms with Crippen molar-refractivity contribution in [2.75, 3.05) is 6.61 Å². The van der Waals surface area contributed by atoms with Crippen LogP contribution in [-0.2, 0) is 11.3 Å². The van der Waals surface area contributed by atoms with Gasteiger partial charge in [-0.05, 0) is 41.5 Å². The molecule has 1 N–H and O–H groups in total. The molecular formula is C20H19NO2. The monoisotopic (exact) mass is 305 g/mol. The number of nitrogens with one attached hydrogen (secondary N) is 1. The van der Waals surface area contributed by atoms with E-state index in [9.17, 15) is 4.79 Å². The molecule has 116 valence electrons. The molecule has 0 spiro atoms. The van der Waals surface area contributed by atoms with Crippen LogP contribution in [0.2, 0.25) is 0 Å². The van der Waals surface area contributed by atoms with Crippen molar-refractivity contribution in [2.45, 2.75) is 13.5 Å². The van der Waals surface area contributed by atoms with Crippen molar-refractivity contribution in [1.29, 1.82) is 0 Å². The number of benzene rings is 3. The Morgan fingerprint density at radius 3 is 2.48 bits per heavy atom. The molecule has 0 bridgehead atoms. The molecule has 3 nitrogen and oxygen atoms in total. The predicted octanol–water partition coefficient (Wildman–Crippen LogP) is 3.84. The summed E-state index contributed by atoms with van der Waals surface area (Å²) in [5.41, 5.74) is 2.24. The molecule has 3 heteroatoms. The number of hydrogen-bond acceptors (Lipinski definition) is 2. The molecule has 0 aliphatic rings. The molecule has 0 aliphatic heterocycles. The highest BCUT2D eigenvalue weighted by Crippen LogP contribution is 2.15. The molecule has 0 atom stereocenters. The van der Waals surface area contributed by atoms with Gasteiger partial charge in [0.15, 0.2) is 6.61 Å². The molecule has 0 unspecified atom stereocenters. The maximum atomic E-state index is 11.9. The number of rotatable bonds is 5. The number of hydrogen-bond donors (Lipinski definition) is 1. The second-order valence-electron chi connectivity index (χ2n) is 5.56. The van der Waals surface area contributed by atoms with Crippen LogP contribution in [0.25, 0.3) is 10.8 Å². The Kier molecular flexibility index (Phi) is 4.57. The lowest BCUT2D eigenvalue weighted by Crippen LogP contribution is -2.28. The van der Waals surface area contributed by atoms with Crippen LogP contribution in [0.3, 0.4) is 0 Å². The molecule has 0 radical (unpaired) electrons. The van der Waals surface area contributed by atoms with Crippen molar-refractivity contribution in [2.24, 2.45) is 0 Å². The van der Waals surface area contributed by atoms with E-state index in [1.165, 1.54) is 10.8 Å². The summed E-state index contributed by atoms with van der Waals surface area (Å²) in [6, 6.07) is 22.0. The van der Waals surface area contributed by atoms with Crippen LogP contribution in [0.15, 0.2) is 66.7 Å². The lowest BCUT2D eigenvalue weighted by atomic mass is 10.1. The van der Waals surface area contributed by atoms with Gasteiger partial charge in [0.05, 0.1) is 0 Å². The zero-order valence-corrected chi connectivity index (χ0v) is 13.1. The lowest BCUT2D eigenvalue weighted by molar-refractivity contribution is -0.123. The lowest BCUT2D eigenvalue weighted by Gasteiger charge is -2.08. The summed E-state index contributed by atoms with van der Waals surface area (Å²) in [6.45, 7) is 2.54. The third-order valence-electron chi connectivity index (χ3n) is 3.69. The fourth-order valence-corrected chi connectivity index (χ4v) is 2.38. The van der Waals surface area contributed by atoms with Crippen LogP contribution in [0.5, 0.6) is 5.75 Å². The minimum atomic E-state index is -0.126. The summed E-state index contributed by atoms with van der Waals surface area (Å²) in [5.74, 6) is 0.579. The highest BCUT2D eigenvalue weighted by molar-refractivity contribution is 5.83. The summed E-state index contributed by atoms with van der Waals surface area (Å²) in [4.78, 5) is 11.9. The summed E-state index contributed by atoms with van der Waals surface area (Å²) in [7, 11) is 0. The number of aryl methyl sites for hydroxylation is 1. The molecule has 0 heterocycles. The fourth-order valence-electron chi connectivity index (χ4n) is 2.38. The van der Waals surface area contributed by atoms with Gasteiger partial charge in [-0.3, -0.25) is 4.79 Å². The Hall–Kier alpha value is -2.81. The van der Waals surface area contributed by atoms with E-state index in [1.807, 2.05) is 49.4 Å². The highest BCUT2D eigenvalue weighted by atomic mass is 16.5. The summed E-state index contributed by atoms with van der Waals surface area (Å²) >= 11 is 0. The number of carbonyl (C=O) groups is 1. The first-order valence-corrected chi connectivity index (χ1v) is 7.64. The Morgan fingerprint density at radius 2 is 1.70 bits per heavy atom. The fraction of sp³-hybridized carbons (Fsp3) is 0.150. The first-order chi connectivity index (χ1) is 11.2. The van der Waals surface area contributed by atoms with Crippen molar-refractivity contribution in [3.8, 4) is 5.75 Å². The van der Waals surface area contributed by atoms with Crippen molar-refractivity contribution < 1.29 is 9.53 Å². The standard InChI is InChI=1S/C20H19NO2/c1-15-6-10-19(11-7-15)23-14-20(22)21-13-16-8-9-17-4-2-3-5-18(17)12-16/h2-12H,13-14H2,1H3,(H,21,22). The number of amides is 1. The molecule has 3 rings (SSSR count). The zero-order valence-electron chi connectivity index (χ0n) is 13.1. The Morgan fingerprint density at radius 1 is 0.957 bits per heavy atom. The van der Waals surface area contributed by atoms with Gasteiger partial charge in [-0.2, -0.15) is 0 Å². The van der Waals surface area contributed by atoms with Crippen molar-refractivity contribution in [3.05, 3.63) is 77.9 Å². The first-order valence-electron chi connectivity index (χ1n) is 7.64. The van der Waals surface area contributed by atoms with Gasteiger partial charge in [0.25, 0.3) is 5.91 Å². The van der Waals surface area contributed by atoms with Gasteiger partial charge in [0, 0.05) is 6.54 Å². The first kappa shape index (κ1) is 15.1. The molecule has 3 aromatic carbocycles. The molecule has 0 saturated heterocycles. The van der Waals surface area contributed by atoms with Crippen LogP contribution < -0.4 is 10.1 Å². The van der Waals surface area contributed by atoms with Crippen LogP contribution in [0.4, 0.5) is 0 Å². The summed E-state index contributed by atoms with van der Waals surface area (Å²) in [6.07, 6.45) is 0. The van der Waals surface area contributed by atoms with Gasteiger partial charge in [-0.15, -0.1) is 0 Å². The molecule has 0 saturated carbocycles. The van der Waals surface area contributed by atoms with Crippen molar-refractivity contribution >= 4 is 16.7 Å². The smallest absolute Gasteiger partial charge is 0.258 e. The van der Waals surface area contributed by atoms with E-state index in [0.717, 1.165) is 11.1 Å². The third kappa shape index (κ3) is 4.10. The zero-order chi connectivity index (χ0) is 16.1. The summed E-state index contributed by atoms with van der Waals surface area (Å²) in [5, 5.41) is 5.26. The van der Waals surface area contributed by atoms with Crippen LogP contribution in [0, 0.1) is 6.92 Å². The molecule has 0 aliphatic carbocycles. The van der Waals surface area contributed by atoms with Gasteiger partial charge in [-0.1, -0.05) is 54.1 Å². The van der Waals surface area contributed by atoms with E-state index in [-0.39, 0.29) is 12.5 Å². The van der Waals surface area contributed by atoms with Gasteiger partial charge in [-0.25, -0.2) is 0 Å². The van der Waals surface area contributed by atoms with Crippen LogP contribution in [0.1, 0.15) is 11.1 Å². The normalized spacial score (nSPS) is 10.5. The number of carbonyl (C=O) groups excluding carboxylic acids is 1. The summed E-state index contributed by atoms with van der Waals surface area (Å²) < 4.78 is 5.47. The minimum Gasteiger partial charge on any atom is -0.484 e. The van der Waals surface area contributed by atoms with E-state index in [2.05, 4.69) is 29.6 Å². The van der Waals surface area contributed by atoms with Gasteiger partial charge in [0.2, 0.25) is 0 Å². The van der Waals surface area contributed by atoms with E-state index < -0.39 is 0 Å². The number of fused-ring (bicyclic) bond motifs is 1. The molecule has 3 aromatic rings. The molecule has 23 heavy (non-hydrogen) atoms. The topological polar surface area (TPSA) is 38.3 Å². The van der Waals surface area contributed by atoms with Gasteiger partial charge < -0.3 is 10.1 Å². The quantitative estimate of drug-likeness (QED) is 0.777. The maximum Gasteiger partial charge on any atom is 0.258 e. The maximum absolute atomic E-state index is 11.9. The largest absolute Gasteiger partial charge is 0.484 e. The van der Waals surface area contributed by atoms with Gasteiger partial charge in [0.1, 0.15) is 5.75 Å². The van der Waals surface area contributed by atoms with Gasteiger partial charge >= 0.3 is 0 Å². The molecule has 1 amide bonds. The molecule has 0 aromatic heterocycles. The highest BCUT2D eigenvalue weighted by Gasteiger charge is 2.03. The van der Waals surface area contributed by atoms with Crippen molar-refractivity contribution in [3.63, 3.8) is 0 Å². The average Bonchev–Trinajstić information content (AvgIpc) is 2.59. The minimum absolute atomic E-state index is 0.0244. The number of ether oxygens (including phenoxy) is 1. The average molecular weight is 305 g/mol. The second kappa shape index (κ2) is 6.97. The molecule has 0 fully saturated rings. The SMILES string of the molecule is Cc1ccc(OCC(=O)NCc2ccc3ccccc3c2)cc1. The Labute approximate surface area is 135 Å². The van der Waals surface area contributed by atoms with Crippen LogP contribution in [-0.4, -0.2) is 12.5 Å². The predicted molar refractivity (Wildman–Crippen MR) is 92.5 cm³/mol. The Bertz CT molecular complexity index is 809. The van der Waals surface area contributed by atoms with E-state index in [0.29, 0.717) is 12.3 Å².